The third-order valence-electron chi connectivity index (χ3n) is 7.36. The summed E-state index contributed by atoms with van der Waals surface area (Å²) < 4.78 is 5.42. The van der Waals surface area contributed by atoms with Crippen LogP contribution in [0.5, 0.6) is 0 Å². The predicted octanol–water partition coefficient (Wildman–Crippen LogP) is 3.16. The minimum Gasteiger partial charge on any atom is -0.481 e. The zero-order valence-electron chi connectivity index (χ0n) is 15.5. The summed E-state index contributed by atoms with van der Waals surface area (Å²) in [6, 6.07) is 0. The molecular weight excluding hydrogens is 320 g/mol. The number of hydrogen-bond acceptors (Lipinski definition) is 4. The van der Waals surface area contributed by atoms with Gasteiger partial charge in [0, 0.05) is 17.4 Å². The smallest absolute Gasteiger partial charge is 0.334 e. The first-order chi connectivity index (χ1) is 11.7. The molecule has 2 fully saturated rings. The summed E-state index contributed by atoms with van der Waals surface area (Å²) >= 11 is 0. The van der Waals surface area contributed by atoms with Crippen LogP contribution in [0.1, 0.15) is 59.3 Å². The van der Waals surface area contributed by atoms with Crippen molar-refractivity contribution in [2.24, 2.45) is 28.6 Å². The monoisotopic (exact) mass is 350 g/mol. The summed E-state index contributed by atoms with van der Waals surface area (Å²) in [6.45, 7) is 6.96. The molecule has 1 heterocycles. The molecule has 1 aliphatic heterocycles. The second kappa shape index (κ2) is 6.42. The van der Waals surface area contributed by atoms with Crippen molar-refractivity contribution in [3.63, 3.8) is 0 Å². The summed E-state index contributed by atoms with van der Waals surface area (Å²) in [5.41, 5.74) is 0.403. The van der Waals surface area contributed by atoms with Crippen molar-refractivity contribution in [3.8, 4) is 0 Å². The summed E-state index contributed by atoms with van der Waals surface area (Å²) in [7, 11) is 0. The van der Waals surface area contributed by atoms with E-state index in [0.29, 0.717) is 24.5 Å². The van der Waals surface area contributed by atoms with Gasteiger partial charge in [0.15, 0.2) is 0 Å². The number of aliphatic hydroxyl groups excluding tert-OH is 1. The van der Waals surface area contributed by atoms with Crippen LogP contribution in [0.2, 0.25) is 0 Å². The van der Waals surface area contributed by atoms with E-state index in [1.807, 2.05) is 6.92 Å². The molecule has 0 aromatic rings. The normalized spacial score (nSPS) is 41.4. The van der Waals surface area contributed by atoms with Crippen molar-refractivity contribution in [2.75, 3.05) is 6.61 Å². The molecule has 6 atom stereocenters. The van der Waals surface area contributed by atoms with Gasteiger partial charge in [-0.1, -0.05) is 20.8 Å². The second-order valence-corrected chi connectivity index (χ2v) is 8.86. The molecule has 3 rings (SSSR count). The molecule has 0 bridgehead atoms. The average Bonchev–Trinajstić information content (AvgIpc) is 2.85. The van der Waals surface area contributed by atoms with Gasteiger partial charge >= 0.3 is 11.9 Å². The van der Waals surface area contributed by atoms with Crippen LogP contribution in [-0.2, 0) is 14.3 Å². The van der Waals surface area contributed by atoms with E-state index in [1.165, 1.54) is 0 Å². The SMILES string of the molecule is CC(CCC1(C)C(C)CCC23COC(=O)C2=CC(O)CC31)CC(=O)O. The quantitative estimate of drug-likeness (QED) is 0.744. The topological polar surface area (TPSA) is 83.8 Å². The van der Waals surface area contributed by atoms with Crippen LogP contribution in [0.3, 0.4) is 0 Å². The predicted molar refractivity (Wildman–Crippen MR) is 92.7 cm³/mol. The number of carboxylic acid groups (broad SMARTS) is 1. The maximum Gasteiger partial charge on any atom is 0.334 e. The number of carbonyl (C=O) groups excluding carboxylic acids is 1. The van der Waals surface area contributed by atoms with E-state index in [0.717, 1.165) is 25.7 Å². The molecule has 0 radical (unpaired) electrons. The third-order valence-corrected chi connectivity index (χ3v) is 7.36. The van der Waals surface area contributed by atoms with E-state index in [1.54, 1.807) is 6.08 Å². The van der Waals surface area contributed by atoms with Crippen molar-refractivity contribution in [3.05, 3.63) is 11.6 Å². The van der Waals surface area contributed by atoms with Crippen molar-refractivity contribution >= 4 is 11.9 Å². The Morgan fingerprint density at radius 1 is 1.48 bits per heavy atom. The molecular formula is C20H30O5. The summed E-state index contributed by atoms with van der Waals surface area (Å²) in [4.78, 5) is 23.2. The molecule has 0 amide bonds. The first kappa shape index (κ1) is 18.4. The zero-order chi connectivity index (χ0) is 18.4. The Morgan fingerprint density at radius 2 is 2.20 bits per heavy atom. The number of aliphatic hydroxyl groups is 1. The highest BCUT2D eigenvalue weighted by atomic mass is 16.5. The number of ether oxygens (including phenoxy) is 1. The maximum absolute atomic E-state index is 12.2. The highest BCUT2D eigenvalue weighted by Gasteiger charge is 2.61. The van der Waals surface area contributed by atoms with Gasteiger partial charge in [-0.3, -0.25) is 4.79 Å². The van der Waals surface area contributed by atoms with Crippen molar-refractivity contribution in [2.45, 2.75) is 65.4 Å². The highest BCUT2D eigenvalue weighted by molar-refractivity contribution is 5.92. The van der Waals surface area contributed by atoms with Crippen LogP contribution in [0.25, 0.3) is 0 Å². The number of hydrogen-bond donors (Lipinski definition) is 2. The van der Waals surface area contributed by atoms with Crippen LogP contribution in [0.4, 0.5) is 0 Å². The first-order valence-corrected chi connectivity index (χ1v) is 9.48. The summed E-state index contributed by atoms with van der Waals surface area (Å²) in [6.07, 6.45) is 5.71. The van der Waals surface area contributed by atoms with E-state index in [9.17, 15) is 14.7 Å². The molecule has 25 heavy (non-hydrogen) atoms. The van der Waals surface area contributed by atoms with Gasteiger partial charge in [0.2, 0.25) is 0 Å². The Morgan fingerprint density at radius 3 is 2.88 bits per heavy atom. The van der Waals surface area contributed by atoms with Crippen LogP contribution >= 0.6 is 0 Å². The van der Waals surface area contributed by atoms with Crippen molar-refractivity contribution in [1.82, 2.24) is 0 Å². The van der Waals surface area contributed by atoms with E-state index in [-0.39, 0.29) is 35.1 Å². The molecule has 6 unspecified atom stereocenters. The van der Waals surface area contributed by atoms with Gasteiger partial charge in [0.05, 0.1) is 6.10 Å². The van der Waals surface area contributed by atoms with Gasteiger partial charge in [-0.05, 0) is 61.3 Å². The molecule has 5 nitrogen and oxygen atoms in total. The molecule has 2 aliphatic carbocycles. The molecule has 0 aromatic heterocycles. The van der Waals surface area contributed by atoms with Gasteiger partial charge in [-0.15, -0.1) is 0 Å². The lowest BCUT2D eigenvalue weighted by Gasteiger charge is -2.57. The number of cyclic esters (lactones) is 1. The van der Waals surface area contributed by atoms with E-state index in [4.69, 9.17) is 9.84 Å². The summed E-state index contributed by atoms with van der Waals surface area (Å²) in [5.74, 6) is -0.215. The highest BCUT2D eigenvalue weighted by Crippen LogP contribution is 2.63. The molecule has 1 spiro atoms. The van der Waals surface area contributed by atoms with Gasteiger partial charge in [-0.2, -0.15) is 0 Å². The van der Waals surface area contributed by atoms with E-state index >= 15 is 0 Å². The fraction of sp³-hybridized carbons (Fsp3) is 0.800. The number of aliphatic carboxylic acids is 1. The fourth-order valence-corrected chi connectivity index (χ4v) is 5.61. The molecule has 1 saturated carbocycles. The molecule has 5 heteroatoms. The Hall–Kier alpha value is -1.36. The fourth-order valence-electron chi connectivity index (χ4n) is 5.61. The van der Waals surface area contributed by atoms with Crippen LogP contribution < -0.4 is 0 Å². The molecule has 140 valence electrons. The van der Waals surface area contributed by atoms with Gasteiger partial charge < -0.3 is 14.9 Å². The molecule has 1 saturated heterocycles. The number of carboxylic acids is 1. The Bertz CT molecular complexity index is 597. The molecule has 3 aliphatic rings. The van der Waals surface area contributed by atoms with E-state index in [2.05, 4.69) is 13.8 Å². The molecule has 2 N–H and O–H groups in total. The second-order valence-electron chi connectivity index (χ2n) is 8.86. The largest absolute Gasteiger partial charge is 0.481 e. The lowest BCUT2D eigenvalue weighted by molar-refractivity contribution is -0.138. The van der Waals surface area contributed by atoms with Gasteiger partial charge in [-0.25, -0.2) is 4.79 Å². The first-order valence-electron chi connectivity index (χ1n) is 9.48. The number of carbonyl (C=O) groups is 2. The van der Waals surface area contributed by atoms with E-state index < -0.39 is 12.1 Å². The maximum atomic E-state index is 12.2. The standard InChI is InChI=1S/C20H30O5/c1-12(8-17(22)23)4-6-19(3)13(2)5-7-20-11-25-18(24)15(20)9-14(21)10-16(19)20/h9,12-14,16,21H,4-8,10-11H2,1-3H3,(H,22,23). The minimum absolute atomic E-state index is 0.0283. The number of rotatable bonds is 5. The van der Waals surface area contributed by atoms with Crippen molar-refractivity contribution in [1.29, 1.82) is 0 Å². The van der Waals surface area contributed by atoms with Crippen LogP contribution in [0, 0.1) is 28.6 Å². The van der Waals surface area contributed by atoms with Crippen LogP contribution in [0.15, 0.2) is 11.6 Å². The summed E-state index contributed by atoms with van der Waals surface area (Å²) in [5, 5.41) is 19.4. The van der Waals surface area contributed by atoms with Gasteiger partial charge in [0.25, 0.3) is 0 Å². The Labute approximate surface area is 149 Å². The average molecular weight is 350 g/mol. The Kier molecular flexibility index (Phi) is 4.73. The lowest BCUT2D eigenvalue weighted by Crippen LogP contribution is -2.53. The minimum atomic E-state index is -0.751. The van der Waals surface area contributed by atoms with Crippen molar-refractivity contribution < 1.29 is 24.5 Å². The number of esters is 1. The Balaban J connectivity index is 1.87. The molecule has 0 aromatic carbocycles. The van der Waals surface area contributed by atoms with Crippen LogP contribution in [-0.4, -0.2) is 34.9 Å². The zero-order valence-corrected chi connectivity index (χ0v) is 15.5. The third kappa shape index (κ3) is 3.01. The lowest BCUT2D eigenvalue weighted by atomic mass is 9.46. The van der Waals surface area contributed by atoms with Gasteiger partial charge in [0.1, 0.15) is 6.61 Å².